The highest BCUT2D eigenvalue weighted by molar-refractivity contribution is 5.72. The maximum Gasteiger partial charge on any atom is 0.320 e. The van der Waals surface area contributed by atoms with Gasteiger partial charge >= 0.3 is 11.9 Å². The molecule has 0 saturated heterocycles. The van der Waals surface area contributed by atoms with E-state index in [1.54, 1.807) is 6.92 Å². The molecule has 0 atom stereocenters. The molecule has 5 heteroatoms. The molecule has 1 N–H and O–H groups in total. The van der Waals surface area contributed by atoms with Crippen molar-refractivity contribution in [3.63, 3.8) is 0 Å². The van der Waals surface area contributed by atoms with Gasteiger partial charge in [-0.1, -0.05) is 24.3 Å². The molecule has 116 valence electrons. The Bertz CT molecular complexity index is 485. The molecule has 0 saturated carbocycles. The average Bonchev–Trinajstić information content (AvgIpc) is 2.39. The SMILES string of the molecule is CCOC(=O)CN(Cc1ccccc1CC(=O)O)C(C)C. The molecular formula is C16H23NO4. The summed E-state index contributed by atoms with van der Waals surface area (Å²) in [7, 11) is 0. The van der Waals surface area contributed by atoms with Gasteiger partial charge in [0.1, 0.15) is 0 Å². The lowest BCUT2D eigenvalue weighted by Gasteiger charge is -2.26. The quantitative estimate of drug-likeness (QED) is 0.743. The molecule has 0 spiro atoms. The van der Waals surface area contributed by atoms with Crippen molar-refractivity contribution in [1.29, 1.82) is 0 Å². The smallest absolute Gasteiger partial charge is 0.320 e. The van der Waals surface area contributed by atoms with Crippen LogP contribution >= 0.6 is 0 Å². The van der Waals surface area contributed by atoms with Gasteiger partial charge in [-0.05, 0) is 31.9 Å². The van der Waals surface area contributed by atoms with Crippen LogP contribution in [0.1, 0.15) is 31.9 Å². The Kier molecular flexibility index (Phi) is 6.88. The number of rotatable bonds is 8. The highest BCUT2D eigenvalue weighted by Crippen LogP contribution is 2.14. The Morgan fingerprint density at radius 2 is 1.86 bits per heavy atom. The highest BCUT2D eigenvalue weighted by Gasteiger charge is 2.17. The number of carbonyl (C=O) groups is 2. The van der Waals surface area contributed by atoms with Crippen LogP contribution in [0.15, 0.2) is 24.3 Å². The van der Waals surface area contributed by atoms with E-state index in [0.717, 1.165) is 11.1 Å². The second kappa shape index (κ2) is 8.42. The first-order chi connectivity index (χ1) is 9.93. The summed E-state index contributed by atoms with van der Waals surface area (Å²) >= 11 is 0. The summed E-state index contributed by atoms with van der Waals surface area (Å²) in [5, 5.41) is 8.96. The lowest BCUT2D eigenvalue weighted by Crippen LogP contribution is -2.36. The number of carbonyl (C=O) groups excluding carboxylic acids is 1. The maximum absolute atomic E-state index is 11.7. The number of hydrogen-bond acceptors (Lipinski definition) is 4. The van der Waals surface area contributed by atoms with Crippen molar-refractivity contribution >= 4 is 11.9 Å². The zero-order valence-corrected chi connectivity index (χ0v) is 12.8. The van der Waals surface area contributed by atoms with Gasteiger partial charge in [0.05, 0.1) is 19.6 Å². The number of carboxylic acids is 1. The van der Waals surface area contributed by atoms with Gasteiger partial charge in [0, 0.05) is 12.6 Å². The normalized spacial score (nSPS) is 10.9. The lowest BCUT2D eigenvalue weighted by atomic mass is 10.0. The monoisotopic (exact) mass is 293 g/mol. The molecule has 0 aromatic heterocycles. The number of nitrogens with zero attached hydrogens (tertiary/aromatic N) is 1. The minimum atomic E-state index is -0.857. The van der Waals surface area contributed by atoms with Crippen LogP contribution in [-0.2, 0) is 27.3 Å². The molecule has 0 aliphatic rings. The fourth-order valence-electron chi connectivity index (χ4n) is 2.06. The van der Waals surface area contributed by atoms with Crippen LogP contribution < -0.4 is 0 Å². The van der Waals surface area contributed by atoms with E-state index in [4.69, 9.17) is 9.84 Å². The van der Waals surface area contributed by atoms with Crippen molar-refractivity contribution in [2.45, 2.75) is 39.8 Å². The van der Waals surface area contributed by atoms with E-state index in [9.17, 15) is 9.59 Å². The number of esters is 1. The van der Waals surface area contributed by atoms with Gasteiger partial charge in [-0.25, -0.2) is 0 Å². The zero-order chi connectivity index (χ0) is 15.8. The van der Waals surface area contributed by atoms with E-state index in [1.165, 1.54) is 0 Å². The fourth-order valence-corrected chi connectivity index (χ4v) is 2.06. The molecule has 0 amide bonds. The van der Waals surface area contributed by atoms with Crippen LogP contribution in [0.2, 0.25) is 0 Å². The van der Waals surface area contributed by atoms with Gasteiger partial charge in [-0.15, -0.1) is 0 Å². The Balaban J connectivity index is 2.84. The molecule has 1 aromatic carbocycles. The molecular weight excluding hydrogens is 270 g/mol. The first kappa shape index (κ1) is 17.2. The summed E-state index contributed by atoms with van der Waals surface area (Å²) in [5.41, 5.74) is 1.71. The van der Waals surface area contributed by atoms with E-state index in [1.807, 2.05) is 43.0 Å². The van der Waals surface area contributed by atoms with E-state index in [-0.39, 0.29) is 25.0 Å². The maximum atomic E-state index is 11.7. The molecule has 0 bridgehead atoms. The number of ether oxygens (including phenoxy) is 1. The largest absolute Gasteiger partial charge is 0.481 e. The standard InChI is InChI=1S/C16H23NO4/c1-4-21-16(20)11-17(12(2)3)10-14-8-6-5-7-13(14)9-15(18)19/h5-8,12H,4,9-11H2,1-3H3,(H,18,19). The topological polar surface area (TPSA) is 66.8 Å². The third-order valence-electron chi connectivity index (χ3n) is 3.20. The number of aliphatic carboxylic acids is 1. The van der Waals surface area contributed by atoms with Crippen LogP contribution in [0.3, 0.4) is 0 Å². The molecule has 0 heterocycles. The van der Waals surface area contributed by atoms with Crippen molar-refractivity contribution in [1.82, 2.24) is 4.90 Å². The minimum absolute atomic E-state index is 0.0124. The second-order valence-corrected chi connectivity index (χ2v) is 5.14. The summed E-state index contributed by atoms with van der Waals surface area (Å²) in [6.07, 6.45) is -0.0124. The second-order valence-electron chi connectivity index (χ2n) is 5.14. The van der Waals surface area contributed by atoms with E-state index >= 15 is 0 Å². The molecule has 1 aromatic rings. The predicted molar refractivity (Wildman–Crippen MR) is 80.0 cm³/mol. The van der Waals surface area contributed by atoms with Crippen molar-refractivity contribution in [3.8, 4) is 0 Å². The number of hydrogen-bond donors (Lipinski definition) is 1. The summed E-state index contributed by atoms with van der Waals surface area (Å²) in [6.45, 7) is 6.87. The summed E-state index contributed by atoms with van der Waals surface area (Å²) in [5.74, 6) is -1.12. The molecule has 0 fully saturated rings. The third kappa shape index (κ3) is 5.95. The van der Waals surface area contributed by atoms with Crippen LogP contribution in [0.5, 0.6) is 0 Å². The van der Waals surface area contributed by atoms with E-state index in [0.29, 0.717) is 13.2 Å². The molecule has 0 aliphatic heterocycles. The van der Waals surface area contributed by atoms with Gasteiger partial charge in [0.2, 0.25) is 0 Å². The van der Waals surface area contributed by atoms with Crippen LogP contribution in [0.25, 0.3) is 0 Å². The van der Waals surface area contributed by atoms with Crippen molar-refractivity contribution in [2.24, 2.45) is 0 Å². The van der Waals surface area contributed by atoms with Gasteiger partial charge in [-0.2, -0.15) is 0 Å². The summed E-state index contributed by atoms with van der Waals surface area (Å²) in [6, 6.07) is 7.58. The van der Waals surface area contributed by atoms with Crippen molar-refractivity contribution in [3.05, 3.63) is 35.4 Å². The van der Waals surface area contributed by atoms with Crippen molar-refractivity contribution < 1.29 is 19.4 Å². The average molecular weight is 293 g/mol. The lowest BCUT2D eigenvalue weighted by molar-refractivity contribution is -0.145. The molecule has 5 nitrogen and oxygen atoms in total. The van der Waals surface area contributed by atoms with Crippen LogP contribution in [-0.4, -0.2) is 41.1 Å². The fraction of sp³-hybridized carbons (Fsp3) is 0.500. The molecule has 0 unspecified atom stereocenters. The Labute approximate surface area is 125 Å². The Hall–Kier alpha value is -1.88. The summed E-state index contributed by atoms with van der Waals surface area (Å²) < 4.78 is 4.98. The molecule has 1 rings (SSSR count). The van der Waals surface area contributed by atoms with E-state index < -0.39 is 5.97 Å². The molecule has 0 radical (unpaired) electrons. The third-order valence-corrected chi connectivity index (χ3v) is 3.20. The molecule has 21 heavy (non-hydrogen) atoms. The zero-order valence-electron chi connectivity index (χ0n) is 12.8. The first-order valence-corrected chi connectivity index (χ1v) is 7.12. The number of carboxylic acid groups (broad SMARTS) is 1. The highest BCUT2D eigenvalue weighted by atomic mass is 16.5. The Morgan fingerprint density at radius 3 is 2.38 bits per heavy atom. The number of benzene rings is 1. The van der Waals surface area contributed by atoms with Gasteiger partial charge in [-0.3, -0.25) is 14.5 Å². The van der Waals surface area contributed by atoms with Crippen LogP contribution in [0.4, 0.5) is 0 Å². The van der Waals surface area contributed by atoms with Crippen LogP contribution in [0, 0.1) is 0 Å². The first-order valence-electron chi connectivity index (χ1n) is 7.12. The summed E-state index contributed by atoms with van der Waals surface area (Å²) in [4.78, 5) is 24.5. The molecule has 0 aliphatic carbocycles. The van der Waals surface area contributed by atoms with E-state index in [2.05, 4.69) is 0 Å². The van der Waals surface area contributed by atoms with Gasteiger partial charge in [0.15, 0.2) is 0 Å². The Morgan fingerprint density at radius 1 is 1.24 bits per heavy atom. The van der Waals surface area contributed by atoms with Gasteiger partial charge in [0.25, 0.3) is 0 Å². The van der Waals surface area contributed by atoms with Crippen molar-refractivity contribution in [2.75, 3.05) is 13.2 Å². The minimum Gasteiger partial charge on any atom is -0.481 e. The van der Waals surface area contributed by atoms with Gasteiger partial charge < -0.3 is 9.84 Å². The predicted octanol–water partition coefficient (Wildman–Crippen LogP) is 2.09.